The second-order valence-corrected chi connectivity index (χ2v) is 3.85. The van der Waals surface area contributed by atoms with Crippen LogP contribution in [0, 0.1) is 5.82 Å². The molecule has 2 rings (SSSR count). The minimum atomic E-state index is -0.422. The first kappa shape index (κ1) is 13.4. The maximum absolute atomic E-state index is 13.1. The third kappa shape index (κ3) is 3.27. The second-order valence-electron chi connectivity index (χ2n) is 3.85. The molecule has 1 aromatic heterocycles. The van der Waals surface area contributed by atoms with E-state index in [1.165, 1.54) is 18.2 Å². The third-order valence-corrected chi connectivity index (χ3v) is 2.51. The largest absolute Gasteiger partial charge is 0.394 e. The van der Waals surface area contributed by atoms with Crippen LogP contribution in [0.4, 0.5) is 4.39 Å². The van der Waals surface area contributed by atoms with E-state index >= 15 is 0 Å². The molecular formula is C12H14FN3O3. The number of halogens is 1. The summed E-state index contributed by atoms with van der Waals surface area (Å²) in [5, 5.41) is 18.1. The van der Waals surface area contributed by atoms with Crippen LogP contribution >= 0.6 is 0 Å². The molecule has 1 aromatic carbocycles. The molecule has 0 saturated carbocycles. The van der Waals surface area contributed by atoms with E-state index in [0.717, 1.165) is 0 Å². The number of H-pyrrole nitrogens is 1. The number of fused-ring (bicyclic) bond motifs is 1. The van der Waals surface area contributed by atoms with Crippen LogP contribution in [0.3, 0.4) is 0 Å². The van der Waals surface area contributed by atoms with E-state index in [-0.39, 0.29) is 18.9 Å². The first-order valence-electron chi connectivity index (χ1n) is 5.83. The molecule has 2 aromatic rings. The summed E-state index contributed by atoms with van der Waals surface area (Å²) in [5.74, 6) is -0.821. The first-order chi connectivity index (χ1) is 9.22. The highest BCUT2D eigenvalue weighted by Crippen LogP contribution is 2.16. The van der Waals surface area contributed by atoms with Crippen molar-refractivity contribution >= 4 is 16.8 Å². The second kappa shape index (κ2) is 6.26. The molecule has 19 heavy (non-hydrogen) atoms. The number of nitrogens with zero attached hydrogens (tertiary/aromatic N) is 1. The van der Waals surface area contributed by atoms with Crippen LogP contribution < -0.4 is 5.32 Å². The highest BCUT2D eigenvalue weighted by molar-refractivity contribution is 6.04. The van der Waals surface area contributed by atoms with Crippen molar-refractivity contribution in [2.75, 3.05) is 26.4 Å². The van der Waals surface area contributed by atoms with Crippen LogP contribution in [0.5, 0.6) is 0 Å². The number of hydrogen-bond acceptors (Lipinski definition) is 4. The third-order valence-electron chi connectivity index (χ3n) is 2.51. The van der Waals surface area contributed by atoms with Crippen molar-refractivity contribution in [1.29, 1.82) is 0 Å². The molecule has 0 aliphatic carbocycles. The van der Waals surface area contributed by atoms with E-state index < -0.39 is 11.7 Å². The quantitative estimate of drug-likeness (QED) is 0.663. The number of nitrogens with one attached hydrogen (secondary N) is 2. The number of carbonyl (C=O) groups excluding carboxylic acids is 1. The average molecular weight is 267 g/mol. The van der Waals surface area contributed by atoms with Gasteiger partial charge in [0.2, 0.25) is 0 Å². The fourth-order valence-electron chi connectivity index (χ4n) is 1.65. The lowest BCUT2D eigenvalue weighted by Gasteiger charge is -2.04. The van der Waals surface area contributed by atoms with Crippen molar-refractivity contribution in [3.8, 4) is 0 Å². The Morgan fingerprint density at radius 3 is 3.11 bits per heavy atom. The van der Waals surface area contributed by atoms with Gasteiger partial charge in [-0.15, -0.1) is 0 Å². The van der Waals surface area contributed by atoms with Crippen LogP contribution in [0.25, 0.3) is 10.9 Å². The fraction of sp³-hybridized carbons (Fsp3) is 0.333. The van der Waals surface area contributed by atoms with Crippen molar-refractivity contribution < 1.29 is 19.0 Å². The Balaban J connectivity index is 1.99. The van der Waals surface area contributed by atoms with E-state index in [2.05, 4.69) is 15.5 Å². The average Bonchev–Trinajstić information content (AvgIpc) is 2.81. The Morgan fingerprint density at radius 2 is 2.32 bits per heavy atom. The van der Waals surface area contributed by atoms with E-state index in [1.807, 2.05) is 0 Å². The molecule has 0 atom stereocenters. The molecule has 1 amide bonds. The minimum Gasteiger partial charge on any atom is -0.394 e. The zero-order valence-corrected chi connectivity index (χ0v) is 10.1. The standard InChI is InChI=1S/C12H14FN3O3/c13-8-1-2-10-9(7-8)11(16-15-10)12(18)14-3-5-19-6-4-17/h1-2,7,17H,3-6H2,(H,14,18)(H,15,16). The molecule has 0 radical (unpaired) electrons. The number of rotatable bonds is 6. The highest BCUT2D eigenvalue weighted by Gasteiger charge is 2.13. The molecule has 0 aliphatic rings. The minimum absolute atomic E-state index is 0.0583. The van der Waals surface area contributed by atoms with Crippen LogP contribution in [0.1, 0.15) is 10.5 Å². The van der Waals surface area contributed by atoms with Crippen LogP contribution in [0.15, 0.2) is 18.2 Å². The predicted molar refractivity (Wildman–Crippen MR) is 66.3 cm³/mol. The first-order valence-corrected chi connectivity index (χ1v) is 5.83. The Kier molecular flexibility index (Phi) is 4.43. The van der Waals surface area contributed by atoms with Gasteiger partial charge in [0, 0.05) is 11.9 Å². The summed E-state index contributed by atoms with van der Waals surface area (Å²) in [5.41, 5.74) is 0.750. The molecule has 102 valence electrons. The van der Waals surface area contributed by atoms with E-state index in [1.54, 1.807) is 0 Å². The van der Waals surface area contributed by atoms with E-state index in [0.29, 0.717) is 24.1 Å². The molecule has 0 bridgehead atoms. The van der Waals surface area contributed by atoms with Crippen molar-refractivity contribution in [3.63, 3.8) is 0 Å². The highest BCUT2D eigenvalue weighted by atomic mass is 19.1. The van der Waals surface area contributed by atoms with Gasteiger partial charge in [0.05, 0.1) is 25.3 Å². The molecule has 0 aliphatic heterocycles. The van der Waals surface area contributed by atoms with Gasteiger partial charge in [-0.2, -0.15) is 5.10 Å². The number of aromatic nitrogens is 2. The summed E-state index contributed by atoms with van der Waals surface area (Å²) >= 11 is 0. The summed E-state index contributed by atoms with van der Waals surface area (Å²) in [6, 6.07) is 4.08. The van der Waals surface area contributed by atoms with Gasteiger partial charge in [-0.25, -0.2) is 4.39 Å². The summed E-state index contributed by atoms with van der Waals surface area (Å²) in [4.78, 5) is 11.8. The number of amides is 1. The Bertz CT molecular complexity index is 570. The number of benzene rings is 1. The number of aromatic amines is 1. The fourth-order valence-corrected chi connectivity index (χ4v) is 1.65. The van der Waals surface area contributed by atoms with Gasteiger partial charge in [-0.3, -0.25) is 9.89 Å². The number of aliphatic hydroxyl groups is 1. The smallest absolute Gasteiger partial charge is 0.272 e. The van der Waals surface area contributed by atoms with Gasteiger partial charge in [-0.1, -0.05) is 0 Å². The molecular weight excluding hydrogens is 253 g/mol. The summed E-state index contributed by atoms with van der Waals surface area (Å²) in [6.45, 7) is 0.759. The summed E-state index contributed by atoms with van der Waals surface area (Å²) in [7, 11) is 0. The predicted octanol–water partition coefficient (Wildman–Crippen LogP) is 0.441. The van der Waals surface area contributed by atoms with Crippen molar-refractivity contribution in [3.05, 3.63) is 29.7 Å². The maximum Gasteiger partial charge on any atom is 0.272 e. The molecule has 0 fully saturated rings. The van der Waals surface area contributed by atoms with E-state index in [4.69, 9.17) is 9.84 Å². The van der Waals surface area contributed by atoms with Gasteiger partial charge in [0.25, 0.3) is 5.91 Å². The SMILES string of the molecule is O=C(NCCOCCO)c1n[nH]c2ccc(F)cc12. The summed E-state index contributed by atoms with van der Waals surface area (Å²) in [6.07, 6.45) is 0. The van der Waals surface area contributed by atoms with Crippen molar-refractivity contribution in [1.82, 2.24) is 15.5 Å². The van der Waals surface area contributed by atoms with Crippen molar-refractivity contribution in [2.24, 2.45) is 0 Å². The molecule has 6 nitrogen and oxygen atoms in total. The lowest BCUT2D eigenvalue weighted by molar-refractivity contribution is 0.0836. The van der Waals surface area contributed by atoms with Gasteiger partial charge < -0.3 is 15.2 Å². The maximum atomic E-state index is 13.1. The molecule has 3 N–H and O–H groups in total. The van der Waals surface area contributed by atoms with Crippen LogP contribution in [0.2, 0.25) is 0 Å². The number of hydrogen-bond donors (Lipinski definition) is 3. The Morgan fingerprint density at radius 1 is 1.47 bits per heavy atom. The topological polar surface area (TPSA) is 87.2 Å². The van der Waals surface area contributed by atoms with Gasteiger partial charge >= 0.3 is 0 Å². The van der Waals surface area contributed by atoms with Gasteiger partial charge in [0.1, 0.15) is 5.82 Å². The molecule has 7 heteroatoms. The Labute approximate surface area is 108 Å². The van der Waals surface area contributed by atoms with Gasteiger partial charge in [0.15, 0.2) is 5.69 Å². The lowest BCUT2D eigenvalue weighted by Crippen LogP contribution is -2.28. The molecule has 0 saturated heterocycles. The number of ether oxygens (including phenoxy) is 1. The van der Waals surface area contributed by atoms with Crippen LogP contribution in [-0.2, 0) is 4.74 Å². The normalized spacial score (nSPS) is 10.8. The lowest BCUT2D eigenvalue weighted by atomic mass is 10.2. The van der Waals surface area contributed by atoms with Crippen molar-refractivity contribution in [2.45, 2.75) is 0 Å². The summed E-state index contributed by atoms with van der Waals surface area (Å²) < 4.78 is 18.1. The molecule has 0 spiro atoms. The molecule has 0 unspecified atom stereocenters. The number of aliphatic hydroxyl groups excluding tert-OH is 1. The number of carbonyl (C=O) groups is 1. The monoisotopic (exact) mass is 267 g/mol. The van der Waals surface area contributed by atoms with E-state index in [9.17, 15) is 9.18 Å². The zero-order valence-electron chi connectivity index (χ0n) is 10.1. The zero-order chi connectivity index (χ0) is 13.7. The van der Waals surface area contributed by atoms with Gasteiger partial charge in [-0.05, 0) is 18.2 Å². The van der Waals surface area contributed by atoms with Crippen LogP contribution in [-0.4, -0.2) is 47.6 Å². The Hall–Kier alpha value is -1.99. The molecule has 1 heterocycles.